The highest BCUT2D eigenvalue weighted by molar-refractivity contribution is 6.42. The van der Waals surface area contributed by atoms with Crippen molar-refractivity contribution in [2.75, 3.05) is 13.1 Å². The lowest BCUT2D eigenvalue weighted by atomic mass is 10.2. The molecule has 0 saturated carbocycles. The zero-order valence-corrected chi connectivity index (χ0v) is 10.4. The maximum absolute atomic E-state index is 6.02. The van der Waals surface area contributed by atoms with Crippen LogP contribution in [0.1, 0.15) is 12.0 Å². The predicted octanol–water partition coefficient (Wildman–Crippen LogP) is 2.54. The second-order valence-electron chi connectivity index (χ2n) is 4.67. The van der Waals surface area contributed by atoms with Crippen LogP contribution in [0.3, 0.4) is 0 Å². The molecule has 2 heterocycles. The zero-order valence-electron chi connectivity index (χ0n) is 8.92. The van der Waals surface area contributed by atoms with Gasteiger partial charge in [0.05, 0.1) is 10.0 Å². The summed E-state index contributed by atoms with van der Waals surface area (Å²) in [6.45, 7) is 3.27. The Morgan fingerprint density at radius 1 is 1.31 bits per heavy atom. The van der Waals surface area contributed by atoms with Gasteiger partial charge in [0.2, 0.25) is 0 Å². The second kappa shape index (κ2) is 4.19. The number of rotatable bonds is 2. The Balaban J connectivity index is 1.72. The molecule has 2 saturated heterocycles. The van der Waals surface area contributed by atoms with E-state index in [1.807, 2.05) is 12.1 Å². The van der Waals surface area contributed by atoms with Gasteiger partial charge in [0.25, 0.3) is 0 Å². The van der Waals surface area contributed by atoms with Crippen LogP contribution in [-0.2, 0) is 6.54 Å². The van der Waals surface area contributed by atoms with E-state index in [2.05, 4.69) is 16.3 Å². The van der Waals surface area contributed by atoms with Crippen LogP contribution < -0.4 is 5.32 Å². The molecule has 1 aromatic rings. The van der Waals surface area contributed by atoms with Crippen LogP contribution in [0.4, 0.5) is 0 Å². The highest BCUT2D eigenvalue weighted by atomic mass is 35.5. The highest BCUT2D eigenvalue weighted by Crippen LogP contribution is 2.27. The van der Waals surface area contributed by atoms with E-state index in [-0.39, 0.29) is 0 Å². The second-order valence-corrected chi connectivity index (χ2v) is 5.49. The highest BCUT2D eigenvalue weighted by Gasteiger charge is 2.37. The molecule has 2 fully saturated rings. The fourth-order valence-electron chi connectivity index (χ4n) is 2.71. The average molecular weight is 257 g/mol. The molecule has 0 radical (unpaired) electrons. The number of hydrogen-bond donors (Lipinski definition) is 1. The largest absolute Gasteiger partial charge is 0.311 e. The van der Waals surface area contributed by atoms with Crippen LogP contribution in [0.15, 0.2) is 18.2 Å². The molecule has 2 bridgehead atoms. The summed E-state index contributed by atoms with van der Waals surface area (Å²) >= 11 is 11.9. The topological polar surface area (TPSA) is 15.3 Å². The van der Waals surface area contributed by atoms with Crippen molar-refractivity contribution in [2.45, 2.75) is 25.0 Å². The lowest BCUT2D eigenvalue weighted by Gasteiger charge is -2.27. The molecule has 0 aromatic heterocycles. The van der Waals surface area contributed by atoms with E-state index in [1.165, 1.54) is 12.0 Å². The van der Waals surface area contributed by atoms with Crippen molar-refractivity contribution in [2.24, 2.45) is 0 Å². The number of nitrogens with one attached hydrogen (secondary N) is 1. The first-order valence-corrected chi connectivity index (χ1v) is 6.39. The molecule has 0 aliphatic carbocycles. The van der Waals surface area contributed by atoms with E-state index in [0.29, 0.717) is 22.1 Å². The summed E-state index contributed by atoms with van der Waals surface area (Å²) in [5.41, 5.74) is 1.25. The monoisotopic (exact) mass is 256 g/mol. The third kappa shape index (κ3) is 1.95. The number of piperazine rings is 1. The standard InChI is InChI=1S/C12H14Cl2N2/c13-11-2-1-8(3-12(11)14)6-16-7-9-4-10(16)5-15-9/h1-3,9-10,15H,4-7H2. The van der Waals surface area contributed by atoms with Gasteiger partial charge in [-0.3, -0.25) is 4.90 Å². The molecule has 16 heavy (non-hydrogen) atoms. The van der Waals surface area contributed by atoms with Gasteiger partial charge in [-0.05, 0) is 24.1 Å². The minimum Gasteiger partial charge on any atom is -0.311 e. The molecule has 0 spiro atoms. The number of likely N-dealkylation sites (tertiary alicyclic amines) is 1. The average Bonchev–Trinajstić information content (AvgIpc) is 2.85. The van der Waals surface area contributed by atoms with Crippen molar-refractivity contribution in [3.63, 3.8) is 0 Å². The number of fused-ring (bicyclic) bond motifs is 2. The van der Waals surface area contributed by atoms with Gasteiger partial charge in [-0.1, -0.05) is 29.3 Å². The van der Waals surface area contributed by atoms with Gasteiger partial charge in [-0.25, -0.2) is 0 Å². The van der Waals surface area contributed by atoms with Gasteiger partial charge < -0.3 is 5.32 Å². The minimum atomic E-state index is 0.634. The van der Waals surface area contributed by atoms with Crippen molar-refractivity contribution < 1.29 is 0 Å². The Hall–Kier alpha value is -0.280. The molecular weight excluding hydrogens is 243 g/mol. The number of halogens is 2. The zero-order chi connectivity index (χ0) is 11.1. The van der Waals surface area contributed by atoms with E-state index in [0.717, 1.165) is 19.6 Å². The molecule has 3 rings (SSSR count). The van der Waals surface area contributed by atoms with Crippen LogP contribution in [0.5, 0.6) is 0 Å². The summed E-state index contributed by atoms with van der Waals surface area (Å²) in [5, 5.41) is 4.79. The SMILES string of the molecule is Clc1ccc(CN2CC3CC2CN3)cc1Cl. The normalized spacial score (nSPS) is 28.9. The first-order chi connectivity index (χ1) is 7.72. The van der Waals surface area contributed by atoms with Gasteiger partial charge in [0, 0.05) is 31.7 Å². The van der Waals surface area contributed by atoms with Crippen molar-refractivity contribution >= 4 is 23.2 Å². The quantitative estimate of drug-likeness (QED) is 0.875. The maximum Gasteiger partial charge on any atom is 0.0595 e. The van der Waals surface area contributed by atoms with E-state index < -0.39 is 0 Å². The molecule has 1 aromatic carbocycles. The maximum atomic E-state index is 6.02. The van der Waals surface area contributed by atoms with E-state index >= 15 is 0 Å². The Morgan fingerprint density at radius 3 is 2.81 bits per heavy atom. The van der Waals surface area contributed by atoms with Crippen molar-refractivity contribution in [1.82, 2.24) is 10.2 Å². The molecule has 2 atom stereocenters. The van der Waals surface area contributed by atoms with Gasteiger partial charge in [0.15, 0.2) is 0 Å². The molecule has 2 unspecified atom stereocenters. The smallest absolute Gasteiger partial charge is 0.0595 e. The Morgan fingerprint density at radius 2 is 2.19 bits per heavy atom. The molecule has 4 heteroatoms. The fraction of sp³-hybridized carbons (Fsp3) is 0.500. The van der Waals surface area contributed by atoms with Crippen LogP contribution >= 0.6 is 23.2 Å². The van der Waals surface area contributed by atoms with Crippen LogP contribution in [0.2, 0.25) is 10.0 Å². The lowest BCUT2D eigenvalue weighted by molar-refractivity contribution is 0.218. The van der Waals surface area contributed by atoms with E-state index in [4.69, 9.17) is 23.2 Å². The third-order valence-electron chi connectivity index (χ3n) is 3.54. The van der Waals surface area contributed by atoms with Crippen molar-refractivity contribution in [1.29, 1.82) is 0 Å². The summed E-state index contributed by atoms with van der Waals surface area (Å²) in [7, 11) is 0. The number of benzene rings is 1. The van der Waals surface area contributed by atoms with Gasteiger partial charge in [-0.15, -0.1) is 0 Å². The molecule has 86 valence electrons. The summed E-state index contributed by atoms with van der Waals surface area (Å²) in [5.74, 6) is 0. The fourth-order valence-corrected chi connectivity index (χ4v) is 3.03. The van der Waals surface area contributed by atoms with Crippen LogP contribution in [0, 0.1) is 0 Å². The Bertz CT molecular complexity index is 408. The van der Waals surface area contributed by atoms with Crippen molar-refractivity contribution in [3.05, 3.63) is 33.8 Å². The van der Waals surface area contributed by atoms with E-state index in [9.17, 15) is 0 Å². The molecule has 2 aliphatic heterocycles. The molecule has 2 aliphatic rings. The van der Waals surface area contributed by atoms with Crippen LogP contribution in [-0.4, -0.2) is 30.1 Å². The first-order valence-electron chi connectivity index (χ1n) is 5.64. The Kier molecular flexibility index (Phi) is 2.84. The number of nitrogens with zero attached hydrogens (tertiary/aromatic N) is 1. The predicted molar refractivity (Wildman–Crippen MR) is 67.1 cm³/mol. The third-order valence-corrected chi connectivity index (χ3v) is 4.28. The summed E-state index contributed by atoms with van der Waals surface area (Å²) in [6, 6.07) is 7.33. The first kappa shape index (κ1) is 10.8. The summed E-state index contributed by atoms with van der Waals surface area (Å²) < 4.78 is 0. The minimum absolute atomic E-state index is 0.634. The van der Waals surface area contributed by atoms with Gasteiger partial charge in [-0.2, -0.15) is 0 Å². The van der Waals surface area contributed by atoms with Crippen LogP contribution in [0.25, 0.3) is 0 Å². The molecule has 1 N–H and O–H groups in total. The summed E-state index contributed by atoms with van der Waals surface area (Å²) in [6.07, 6.45) is 1.29. The van der Waals surface area contributed by atoms with E-state index in [1.54, 1.807) is 0 Å². The molecular formula is C12H14Cl2N2. The van der Waals surface area contributed by atoms with Gasteiger partial charge >= 0.3 is 0 Å². The molecule has 2 nitrogen and oxygen atoms in total. The number of hydrogen-bond acceptors (Lipinski definition) is 2. The van der Waals surface area contributed by atoms with Gasteiger partial charge in [0.1, 0.15) is 0 Å². The van der Waals surface area contributed by atoms with Crippen molar-refractivity contribution in [3.8, 4) is 0 Å². The Labute approximate surface area is 106 Å². The molecule has 0 amide bonds. The summed E-state index contributed by atoms with van der Waals surface area (Å²) in [4.78, 5) is 2.53. The lowest BCUT2D eigenvalue weighted by Crippen LogP contribution is -2.42.